The molecule has 0 saturated heterocycles. The van der Waals surface area contributed by atoms with Crippen molar-refractivity contribution in [3.05, 3.63) is 58.1 Å². The Labute approximate surface area is 131 Å². The van der Waals surface area contributed by atoms with Gasteiger partial charge in [0.15, 0.2) is 0 Å². The molecule has 20 heavy (non-hydrogen) atoms. The normalized spacial score (nSPS) is 10.2. The summed E-state index contributed by atoms with van der Waals surface area (Å²) in [5.41, 5.74) is 6.40. The van der Waals surface area contributed by atoms with Gasteiger partial charge in [-0.25, -0.2) is 0 Å². The number of carbonyl (C=O) groups is 1. The molecule has 0 aliphatic rings. The third kappa shape index (κ3) is 3.60. The van der Waals surface area contributed by atoms with Gasteiger partial charge in [0.25, 0.3) is 5.91 Å². The standard InChI is InChI=1S/C14H12Cl2N2OS/c1-20-10-7-11(15)13(12(16)8-10)14(19)18-17-9-5-3-2-4-6-9/h2-8,17H,1H3,(H,18,19). The molecule has 2 aromatic carbocycles. The predicted octanol–water partition coefficient (Wildman–Crippen LogP) is 4.47. The lowest BCUT2D eigenvalue weighted by Gasteiger charge is -2.11. The van der Waals surface area contributed by atoms with Crippen molar-refractivity contribution in [3.8, 4) is 0 Å². The van der Waals surface area contributed by atoms with Gasteiger partial charge in [0.2, 0.25) is 0 Å². The van der Waals surface area contributed by atoms with Gasteiger partial charge in [-0.1, -0.05) is 41.4 Å². The topological polar surface area (TPSA) is 41.1 Å². The maximum atomic E-state index is 12.1. The highest BCUT2D eigenvalue weighted by molar-refractivity contribution is 7.98. The number of thioether (sulfide) groups is 1. The summed E-state index contributed by atoms with van der Waals surface area (Å²) < 4.78 is 0. The number of rotatable bonds is 4. The van der Waals surface area contributed by atoms with E-state index in [1.165, 1.54) is 11.8 Å². The molecule has 0 aliphatic carbocycles. The van der Waals surface area contributed by atoms with Gasteiger partial charge >= 0.3 is 0 Å². The van der Waals surface area contributed by atoms with Crippen LogP contribution < -0.4 is 10.9 Å². The van der Waals surface area contributed by atoms with Crippen LogP contribution in [-0.4, -0.2) is 12.2 Å². The molecule has 0 aromatic heterocycles. The van der Waals surface area contributed by atoms with E-state index in [1.54, 1.807) is 12.1 Å². The van der Waals surface area contributed by atoms with Gasteiger partial charge in [-0.3, -0.25) is 15.6 Å². The Morgan fingerprint density at radius 1 is 1.10 bits per heavy atom. The molecule has 0 heterocycles. The zero-order valence-electron chi connectivity index (χ0n) is 10.6. The summed E-state index contributed by atoms with van der Waals surface area (Å²) in [5.74, 6) is -0.378. The fraction of sp³-hybridized carbons (Fsp3) is 0.0714. The first-order valence-electron chi connectivity index (χ1n) is 5.76. The average molecular weight is 327 g/mol. The van der Waals surface area contributed by atoms with Gasteiger partial charge in [-0.2, -0.15) is 0 Å². The summed E-state index contributed by atoms with van der Waals surface area (Å²) in [4.78, 5) is 13.0. The molecule has 0 fully saturated rings. The zero-order valence-corrected chi connectivity index (χ0v) is 12.9. The highest BCUT2D eigenvalue weighted by Gasteiger charge is 2.15. The van der Waals surface area contributed by atoms with Gasteiger partial charge in [0.05, 0.1) is 21.3 Å². The molecule has 0 spiro atoms. The first-order valence-corrected chi connectivity index (χ1v) is 7.74. The van der Waals surface area contributed by atoms with Gasteiger partial charge < -0.3 is 0 Å². The molecule has 6 heteroatoms. The van der Waals surface area contributed by atoms with E-state index in [9.17, 15) is 4.79 Å². The second kappa shape index (κ2) is 6.88. The Morgan fingerprint density at radius 3 is 2.25 bits per heavy atom. The molecule has 104 valence electrons. The summed E-state index contributed by atoms with van der Waals surface area (Å²) in [5, 5.41) is 0.656. The van der Waals surface area contributed by atoms with E-state index in [1.807, 2.05) is 36.6 Å². The summed E-state index contributed by atoms with van der Waals surface area (Å²) in [6, 6.07) is 12.7. The number of anilines is 1. The molecule has 0 radical (unpaired) electrons. The number of halogens is 2. The van der Waals surface area contributed by atoms with Crippen LogP contribution >= 0.6 is 35.0 Å². The van der Waals surface area contributed by atoms with Gasteiger partial charge in [0.1, 0.15) is 0 Å². The van der Waals surface area contributed by atoms with Gasteiger partial charge in [0, 0.05) is 4.90 Å². The van der Waals surface area contributed by atoms with Crippen LogP contribution in [0.3, 0.4) is 0 Å². The van der Waals surface area contributed by atoms with Crippen molar-refractivity contribution in [2.75, 3.05) is 11.7 Å². The highest BCUT2D eigenvalue weighted by Crippen LogP contribution is 2.30. The molecule has 2 aromatic rings. The van der Waals surface area contributed by atoms with Crippen molar-refractivity contribution >= 4 is 46.6 Å². The first-order chi connectivity index (χ1) is 9.61. The van der Waals surface area contributed by atoms with Crippen molar-refractivity contribution in [1.29, 1.82) is 0 Å². The summed E-state index contributed by atoms with van der Waals surface area (Å²) in [6.07, 6.45) is 1.92. The number of hydrogen-bond acceptors (Lipinski definition) is 3. The summed E-state index contributed by atoms with van der Waals surface area (Å²) in [7, 11) is 0. The lowest BCUT2D eigenvalue weighted by atomic mass is 10.2. The quantitative estimate of drug-likeness (QED) is 0.643. The fourth-order valence-corrected chi connectivity index (χ4v) is 2.86. The molecule has 0 atom stereocenters. The highest BCUT2D eigenvalue weighted by atomic mass is 35.5. The molecular weight excluding hydrogens is 315 g/mol. The van der Waals surface area contributed by atoms with Crippen LogP contribution in [0.15, 0.2) is 47.4 Å². The van der Waals surface area contributed by atoms with Crippen LogP contribution in [0.2, 0.25) is 10.0 Å². The zero-order chi connectivity index (χ0) is 14.5. The lowest BCUT2D eigenvalue weighted by molar-refractivity contribution is 0.0963. The Morgan fingerprint density at radius 2 is 1.70 bits per heavy atom. The van der Waals surface area contributed by atoms with Crippen molar-refractivity contribution in [2.45, 2.75) is 4.90 Å². The Hall–Kier alpha value is -1.36. The minimum absolute atomic E-state index is 0.259. The van der Waals surface area contributed by atoms with Crippen LogP contribution in [0.4, 0.5) is 5.69 Å². The van der Waals surface area contributed by atoms with E-state index >= 15 is 0 Å². The number of benzene rings is 2. The van der Waals surface area contributed by atoms with Crippen LogP contribution in [0.1, 0.15) is 10.4 Å². The SMILES string of the molecule is CSc1cc(Cl)c(C(=O)NNc2ccccc2)c(Cl)c1. The van der Waals surface area contributed by atoms with Gasteiger partial charge in [-0.05, 0) is 30.5 Å². The molecular formula is C14H12Cl2N2OS. The molecule has 0 bridgehead atoms. The van der Waals surface area contributed by atoms with E-state index in [-0.39, 0.29) is 11.5 Å². The minimum Gasteiger partial charge on any atom is -0.298 e. The molecule has 3 nitrogen and oxygen atoms in total. The summed E-state index contributed by atoms with van der Waals surface area (Å²) in [6.45, 7) is 0. The van der Waals surface area contributed by atoms with Crippen molar-refractivity contribution in [1.82, 2.24) is 5.43 Å². The third-order valence-corrected chi connectivity index (χ3v) is 3.88. The maximum absolute atomic E-state index is 12.1. The Kier molecular flexibility index (Phi) is 5.17. The van der Waals surface area contributed by atoms with Crippen LogP contribution in [0.25, 0.3) is 0 Å². The lowest BCUT2D eigenvalue weighted by Crippen LogP contribution is -2.29. The maximum Gasteiger partial charge on any atom is 0.272 e. The van der Waals surface area contributed by atoms with E-state index in [0.29, 0.717) is 10.0 Å². The van der Waals surface area contributed by atoms with Crippen LogP contribution in [-0.2, 0) is 0 Å². The number of para-hydroxylation sites is 1. The number of amides is 1. The molecule has 0 aliphatic heterocycles. The van der Waals surface area contributed by atoms with Crippen LogP contribution in [0.5, 0.6) is 0 Å². The molecule has 0 unspecified atom stereocenters. The smallest absolute Gasteiger partial charge is 0.272 e. The average Bonchev–Trinajstić information content (AvgIpc) is 2.45. The fourth-order valence-electron chi connectivity index (χ4n) is 1.60. The molecule has 1 amide bonds. The number of hydrazine groups is 1. The first kappa shape index (κ1) is 15.0. The third-order valence-electron chi connectivity index (χ3n) is 2.57. The molecule has 2 rings (SSSR count). The monoisotopic (exact) mass is 326 g/mol. The largest absolute Gasteiger partial charge is 0.298 e. The molecule has 2 N–H and O–H groups in total. The van der Waals surface area contributed by atoms with Crippen molar-refractivity contribution in [2.24, 2.45) is 0 Å². The van der Waals surface area contributed by atoms with Crippen molar-refractivity contribution in [3.63, 3.8) is 0 Å². The van der Waals surface area contributed by atoms with E-state index < -0.39 is 0 Å². The number of hydrogen-bond donors (Lipinski definition) is 2. The molecule has 0 saturated carbocycles. The van der Waals surface area contributed by atoms with Crippen LogP contribution in [0, 0.1) is 0 Å². The van der Waals surface area contributed by atoms with Crippen molar-refractivity contribution < 1.29 is 4.79 Å². The number of carbonyl (C=O) groups excluding carboxylic acids is 1. The summed E-state index contributed by atoms with van der Waals surface area (Å²) >= 11 is 13.7. The second-order valence-corrected chi connectivity index (χ2v) is 5.61. The second-order valence-electron chi connectivity index (χ2n) is 3.91. The van der Waals surface area contributed by atoms with E-state index in [0.717, 1.165) is 10.6 Å². The van der Waals surface area contributed by atoms with E-state index in [4.69, 9.17) is 23.2 Å². The van der Waals surface area contributed by atoms with E-state index in [2.05, 4.69) is 10.9 Å². The van der Waals surface area contributed by atoms with Gasteiger partial charge in [-0.15, -0.1) is 11.8 Å². The minimum atomic E-state index is -0.378. The Balaban J connectivity index is 2.13. The number of nitrogens with one attached hydrogen (secondary N) is 2. The predicted molar refractivity (Wildman–Crippen MR) is 85.8 cm³/mol. The Bertz CT molecular complexity index is 597.